The Morgan fingerprint density at radius 3 is 2.79 bits per heavy atom. The number of pyridine rings is 1. The molecular formula is C24H20N6O2S. The van der Waals surface area contributed by atoms with E-state index in [2.05, 4.69) is 42.9 Å². The van der Waals surface area contributed by atoms with Gasteiger partial charge in [0.2, 0.25) is 0 Å². The normalized spacial score (nSPS) is 11.6. The van der Waals surface area contributed by atoms with Crippen molar-refractivity contribution < 1.29 is 9.26 Å². The molecule has 0 aliphatic carbocycles. The van der Waals surface area contributed by atoms with Crippen LogP contribution in [0.15, 0.2) is 40.4 Å². The van der Waals surface area contributed by atoms with Crippen molar-refractivity contribution in [2.75, 3.05) is 12.4 Å². The number of nitrogens with one attached hydrogen (secondary N) is 2. The van der Waals surface area contributed by atoms with Crippen LogP contribution in [-0.4, -0.2) is 32.2 Å². The third-order valence-electron chi connectivity index (χ3n) is 5.79. The van der Waals surface area contributed by atoms with Gasteiger partial charge in [0, 0.05) is 33.4 Å². The van der Waals surface area contributed by atoms with Crippen LogP contribution in [0.3, 0.4) is 0 Å². The van der Waals surface area contributed by atoms with Gasteiger partial charge in [-0.2, -0.15) is 0 Å². The summed E-state index contributed by atoms with van der Waals surface area (Å²) in [5.74, 6) is 2.89. The van der Waals surface area contributed by atoms with Crippen molar-refractivity contribution in [1.29, 1.82) is 0 Å². The molecule has 8 nitrogen and oxygen atoms in total. The van der Waals surface area contributed by atoms with Gasteiger partial charge in [-0.25, -0.2) is 15.0 Å². The van der Waals surface area contributed by atoms with Gasteiger partial charge < -0.3 is 19.6 Å². The summed E-state index contributed by atoms with van der Waals surface area (Å²) in [5, 5.41) is 12.6. The van der Waals surface area contributed by atoms with Gasteiger partial charge in [-0.05, 0) is 45.0 Å². The van der Waals surface area contributed by atoms with Gasteiger partial charge in [-0.15, -0.1) is 11.3 Å². The van der Waals surface area contributed by atoms with Crippen LogP contribution >= 0.6 is 11.3 Å². The van der Waals surface area contributed by atoms with Gasteiger partial charge >= 0.3 is 0 Å². The molecule has 2 N–H and O–H groups in total. The number of nitrogens with zero attached hydrogens (tertiary/aromatic N) is 4. The van der Waals surface area contributed by atoms with Gasteiger partial charge in [0.1, 0.15) is 33.6 Å². The monoisotopic (exact) mass is 456 g/mol. The summed E-state index contributed by atoms with van der Waals surface area (Å²) < 4.78 is 11.2. The van der Waals surface area contributed by atoms with Crippen LogP contribution in [0.1, 0.15) is 17.3 Å². The molecule has 0 amide bonds. The fourth-order valence-corrected chi connectivity index (χ4v) is 5.19. The molecule has 6 rings (SSSR count). The Labute approximate surface area is 192 Å². The first-order valence-electron chi connectivity index (χ1n) is 10.4. The van der Waals surface area contributed by atoms with E-state index in [1.165, 1.54) is 0 Å². The summed E-state index contributed by atoms with van der Waals surface area (Å²) in [7, 11) is 1.67. The first-order chi connectivity index (χ1) is 16.0. The van der Waals surface area contributed by atoms with Crippen LogP contribution in [0.25, 0.3) is 43.3 Å². The lowest BCUT2D eigenvalue weighted by atomic mass is 10.0. The topological polar surface area (TPSA) is 102 Å². The first kappa shape index (κ1) is 19.7. The van der Waals surface area contributed by atoms with Gasteiger partial charge in [0.05, 0.1) is 29.4 Å². The lowest BCUT2D eigenvalue weighted by Crippen LogP contribution is -1.98. The molecule has 0 radical (unpaired) electrons. The van der Waals surface area contributed by atoms with E-state index in [9.17, 15) is 0 Å². The zero-order chi connectivity index (χ0) is 22.7. The Morgan fingerprint density at radius 2 is 2.00 bits per heavy atom. The molecule has 0 aliphatic rings. The van der Waals surface area contributed by atoms with Crippen LogP contribution in [-0.2, 0) is 0 Å². The predicted molar refractivity (Wildman–Crippen MR) is 131 cm³/mol. The fraction of sp³-hybridized carbons (Fsp3) is 0.167. The van der Waals surface area contributed by atoms with Crippen LogP contribution < -0.4 is 10.1 Å². The zero-order valence-electron chi connectivity index (χ0n) is 18.5. The number of aromatic amines is 1. The Morgan fingerprint density at radius 1 is 1.12 bits per heavy atom. The molecule has 0 spiro atoms. The number of ether oxygens (including phenoxy) is 1. The lowest BCUT2D eigenvalue weighted by molar-refractivity contribution is 0.393. The smallest absolute Gasteiger partial charge is 0.144 e. The van der Waals surface area contributed by atoms with Crippen molar-refractivity contribution >= 4 is 55.0 Å². The first-order valence-corrected chi connectivity index (χ1v) is 11.3. The van der Waals surface area contributed by atoms with E-state index in [0.717, 1.165) is 72.0 Å². The van der Waals surface area contributed by atoms with Gasteiger partial charge in [-0.1, -0.05) is 5.16 Å². The van der Waals surface area contributed by atoms with E-state index in [1.807, 2.05) is 32.9 Å². The number of rotatable bonds is 4. The van der Waals surface area contributed by atoms with Crippen molar-refractivity contribution in [2.45, 2.75) is 20.8 Å². The number of hydrogen-bond donors (Lipinski definition) is 2. The highest BCUT2D eigenvalue weighted by molar-refractivity contribution is 7.17. The number of benzene rings is 1. The standard InChI is InChI=1S/C24H20N6O2S/c1-11-20(12(2)32-30-11)16-8-17-15(9-19(16)31-4)21-22(28-17)26-13(3)27-23(21)29-18-10-33-24-14(18)6-5-7-25-24/h5-10H,1-4H3,(H2,26,27,28,29). The van der Waals surface area contributed by atoms with E-state index in [1.54, 1.807) is 24.6 Å². The molecule has 164 valence electrons. The highest BCUT2D eigenvalue weighted by Crippen LogP contribution is 2.41. The molecule has 0 bridgehead atoms. The Kier molecular flexibility index (Phi) is 4.34. The molecule has 5 heterocycles. The Hall–Kier alpha value is -3.98. The van der Waals surface area contributed by atoms with Gasteiger partial charge in [-0.3, -0.25) is 0 Å². The molecule has 0 saturated heterocycles. The number of anilines is 2. The van der Waals surface area contributed by atoms with Crippen molar-refractivity contribution in [1.82, 2.24) is 25.1 Å². The van der Waals surface area contributed by atoms with Crippen LogP contribution in [0.2, 0.25) is 0 Å². The Bertz CT molecular complexity index is 1660. The number of aryl methyl sites for hydroxylation is 3. The van der Waals surface area contributed by atoms with E-state index in [4.69, 9.17) is 14.2 Å². The van der Waals surface area contributed by atoms with Crippen LogP contribution in [0.4, 0.5) is 11.5 Å². The highest BCUT2D eigenvalue weighted by Gasteiger charge is 2.21. The number of hydrogen-bond acceptors (Lipinski definition) is 8. The molecule has 0 atom stereocenters. The maximum atomic E-state index is 5.78. The summed E-state index contributed by atoms with van der Waals surface area (Å²) in [6.07, 6.45) is 1.80. The molecular weight excluding hydrogens is 436 g/mol. The molecule has 0 unspecified atom stereocenters. The highest BCUT2D eigenvalue weighted by atomic mass is 32.1. The minimum atomic E-state index is 0.673. The third kappa shape index (κ3) is 3.04. The average Bonchev–Trinajstić information content (AvgIpc) is 3.47. The summed E-state index contributed by atoms with van der Waals surface area (Å²) >= 11 is 1.60. The summed E-state index contributed by atoms with van der Waals surface area (Å²) in [6, 6.07) is 8.08. The molecule has 1 aromatic carbocycles. The molecule has 0 fully saturated rings. The summed E-state index contributed by atoms with van der Waals surface area (Å²) in [4.78, 5) is 18.3. The molecule has 9 heteroatoms. The minimum absolute atomic E-state index is 0.673. The minimum Gasteiger partial charge on any atom is -0.496 e. The van der Waals surface area contributed by atoms with E-state index < -0.39 is 0 Å². The molecule has 6 aromatic rings. The Balaban J connectivity index is 1.59. The van der Waals surface area contributed by atoms with Crippen LogP contribution in [0.5, 0.6) is 5.75 Å². The fourth-order valence-electron chi connectivity index (χ4n) is 4.35. The zero-order valence-corrected chi connectivity index (χ0v) is 19.3. The van der Waals surface area contributed by atoms with Gasteiger partial charge in [0.15, 0.2) is 0 Å². The maximum Gasteiger partial charge on any atom is 0.144 e. The molecule has 0 saturated carbocycles. The lowest BCUT2D eigenvalue weighted by Gasteiger charge is -2.10. The van der Waals surface area contributed by atoms with Crippen molar-refractivity contribution in [3.63, 3.8) is 0 Å². The third-order valence-corrected chi connectivity index (χ3v) is 6.69. The second-order valence-electron chi connectivity index (χ2n) is 7.90. The van der Waals surface area contributed by atoms with Crippen LogP contribution in [0, 0.1) is 20.8 Å². The number of fused-ring (bicyclic) bond motifs is 4. The van der Waals surface area contributed by atoms with E-state index in [0.29, 0.717) is 5.82 Å². The second-order valence-corrected chi connectivity index (χ2v) is 8.75. The maximum absolute atomic E-state index is 5.78. The van der Waals surface area contributed by atoms with Crippen molar-refractivity contribution in [3.05, 3.63) is 53.1 Å². The number of thiophene rings is 1. The number of methoxy groups -OCH3 is 1. The molecule has 0 aliphatic heterocycles. The van der Waals surface area contributed by atoms with Gasteiger partial charge in [0.25, 0.3) is 0 Å². The number of aromatic nitrogens is 5. The van der Waals surface area contributed by atoms with E-state index >= 15 is 0 Å². The van der Waals surface area contributed by atoms with Crippen molar-refractivity contribution in [3.8, 4) is 16.9 Å². The number of H-pyrrole nitrogens is 1. The predicted octanol–water partition coefficient (Wildman–Crippen LogP) is 6.05. The van der Waals surface area contributed by atoms with Crippen molar-refractivity contribution in [2.24, 2.45) is 0 Å². The largest absolute Gasteiger partial charge is 0.496 e. The average molecular weight is 457 g/mol. The summed E-state index contributed by atoms with van der Waals surface area (Å²) in [5.41, 5.74) is 5.33. The second kappa shape index (κ2) is 7.28. The summed E-state index contributed by atoms with van der Waals surface area (Å²) in [6.45, 7) is 5.72. The molecule has 33 heavy (non-hydrogen) atoms. The molecule has 5 aromatic heterocycles. The SMILES string of the molecule is COc1cc2c(cc1-c1c(C)noc1C)[nH]c1nc(C)nc(Nc3csc4ncccc34)c12. The quantitative estimate of drug-likeness (QED) is 0.333. The van der Waals surface area contributed by atoms with E-state index in [-0.39, 0.29) is 0 Å².